The van der Waals surface area contributed by atoms with Crippen LogP contribution in [0, 0.1) is 0 Å². The molecule has 3 rings (SSSR count). The lowest BCUT2D eigenvalue weighted by Crippen LogP contribution is -2.31. The van der Waals surface area contributed by atoms with Crippen LogP contribution in [-0.2, 0) is 19.4 Å². The lowest BCUT2D eigenvalue weighted by Gasteiger charge is -2.30. The minimum atomic E-state index is -4.69. The van der Waals surface area contributed by atoms with Crippen molar-refractivity contribution in [3.05, 3.63) is 41.1 Å². The average Bonchev–Trinajstić information content (AvgIpc) is 2.66. The number of aryl methyl sites for hydroxylation is 1. The van der Waals surface area contributed by atoms with Crippen LogP contribution in [0.4, 0.5) is 24.9 Å². The second-order valence-corrected chi connectivity index (χ2v) is 6.55. The highest BCUT2D eigenvalue weighted by Gasteiger charge is 2.31. The van der Waals surface area contributed by atoms with Crippen molar-refractivity contribution in [3.8, 4) is 5.75 Å². The molecule has 2 heterocycles. The Morgan fingerprint density at radius 3 is 2.75 bits per heavy atom. The monoisotopic (exact) mass is 396 g/mol. The fourth-order valence-corrected chi connectivity index (χ4v) is 3.11. The second-order valence-electron chi connectivity index (χ2n) is 6.55. The van der Waals surface area contributed by atoms with Crippen molar-refractivity contribution in [3.63, 3.8) is 0 Å². The van der Waals surface area contributed by atoms with Crippen molar-refractivity contribution in [1.82, 2.24) is 9.97 Å². The molecule has 0 radical (unpaired) electrons. The van der Waals surface area contributed by atoms with Gasteiger partial charge in [0, 0.05) is 38.0 Å². The number of nitrogens with zero attached hydrogens (tertiary/aromatic N) is 3. The minimum absolute atomic E-state index is 0.0935. The van der Waals surface area contributed by atoms with E-state index in [-0.39, 0.29) is 12.4 Å². The molecular weight excluding hydrogens is 373 g/mol. The fourth-order valence-electron chi connectivity index (χ4n) is 3.11. The molecule has 6 nitrogen and oxygen atoms in total. The molecule has 1 aliphatic heterocycles. The molecule has 0 unspecified atom stereocenters. The molecule has 1 aliphatic rings. The summed E-state index contributed by atoms with van der Waals surface area (Å²) in [7, 11) is 0. The summed E-state index contributed by atoms with van der Waals surface area (Å²) in [6.45, 7) is 3.87. The van der Waals surface area contributed by atoms with Crippen LogP contribution in [0.1, 0.15) is 30.2 Å². The third-order valence-electron chi connectivity index (χ3n) is 4.49. The third kappa shape index (κ3) is 5.25. The normalized spacial score (nSPS) is 14.0. The van der Waals surface area contributed by atoms with Gasteiger partial charge in [-0.15, -0.1) is 13.2 Å². The van der Waals surface area contributed by atoms with Gasteiger partial charge >= 0.3 is 6.36 Å². The SMILES string of the molecule is CCc1cc(N2CCc3cc(OC(F)(F)F)ccc3C2)nc(NCCCO)n1. The molecule has 1 aromatic carbocycles. The van der Waals surface area contributed by atoms with Gasteiger partial charge in [0.1, 0.15) is 11.6 Å². The number of anilines is 2. The number of aromatic nitrogens is 2. The number of rotatable bonds is 7. The third-order valence-corrected chi connectivity index (χ3v) is 4.49. The number of halogens is 3. The van der Waals surface area contributed by atoms with Crippen molar-refractivity contribution in [1.29, 1.82) is 0 Å². The quantitative estimate of drug-likeness (QED) is 0.700. The van der Waals surface area contributed by atoms with Gasteiger partial charge in [0.25, 0.3) is 0 Å². The molecule has 2 N–H and O–H groups in total. The van der Waals surface area contributed by atoms with Crippen LogP contribution >= 0.6 is 0 Å². The van der Waals surface area contributed by atoms with Crippen LogP contribution in [0.15, 0.2) is 24.3 Å². The maximum atomic E-state index is 12.4. The summed E-state index contributed by atoms with van der Waals surface area (Å²) >= 11 is 0. The van der Waals surface area contributed by atoms with E-state index in [1.807, 2.05) is 13.0 Å². The fraction of sp³-hybridized carbons (Fsp3) is 0.474. The first-order valence-corrected chi connectivity index (χ1v) is 9.23. The number of benzene rings is 1. The van der Waals surface area contributed by atoms with Crippen LogP contribution in [0.2, 0.25) is 0 Å². The predicted molar refractivity (Wildman–Crippen MR) is 99.5 cm³/mol. The molecule has 0 saturated heterocycles. The van der Waals surface area contributed by atoms with Gasteiger partial charge in [-0.2, -0.15) is 4.98 Å². The van der Waals surface area contributed by atoms with Crippen LogP contribution in [0.3, 0.4) is 0 Å². The molecule has 1 aromatic heterocycles. The molecule has 0 amide bonds. The average molecular weight is 396 g/mol. The Kier molecular flexibility index (Phi) is 6.23. The summed E-state index contributed by atoms with van der Waals surface area (Å²) in [6.07, 6.45) is -2.73. The van der Waals surface area contributed by atoms with E-state index in [2.05, 4.69) is 24.9 Å². The smallest absolute Gasteiger partial charge is 0.406 e. The zero-order valence-electron chi connectivity index (χ0n) is 15.6. The zero-order valence-corrected chi connectivity index (χ0v) is 15.6. The number of ether oxygens (including phenoxy) is 1. The standard InChI is InChI=1S/C19H23F3N4O2/c1-2-15-11-17(25-18(24-15)23-7-3-9-27)26-8-6-13-10-16(28-19(20,21)22)5-4-14(13)12-26/h4-5,10-11,27H,2-3,6-9,12H2,1H3,(H,23,24,25). The molecule has 0 fully saturated rings. The molecule has 0 aliphatic carbocycles. The maximum absolute atomic E-state index is 12.4. The van der Waals surface area contributed by atoms with Crippen molar-refractivity contribution >= 4 is 11.8 Å². The number of fused-ring (bicyclic) bond motifs is 1. The Hall–Kier alpha value is -2.55. The first-order valence-electron chi connectivity index (χ1n) is 9.23. The van der Waals surface area contributed by atoms with E-state index in [0.717, 1.165) is 29.1 Å². The predicted octanol–water partition coefficient (Wildman–Crippen LogP) is 3.29. The zero-order chi connectivity index (χ0) is 20.1. The van der Waals surface area contributed by atoms with E-state index in [1.165, 1.54) is 12.1 Å². The molecule has 0 bridgehead atoms. The highest BCUT2D eigenvalue weighted by molar-refractivity contribution is 5.49. The summed E-state index contributed by atoms with van der Waals surface area (Å²) in [4.78, 5) is 11.1. The number of aliphatic hydroxyl groups is 1. The van der Waals surface area contributed by atoms with Crippen LogP contribution in [0.5, 0.6) is 5.75 Å². The van der Waals surface area contributed by atoms with Crippen LogP contribution in [0.25, 0.3) is 0 Å². The summed E-state index contributed by atoms with van der Waals surface area (Å²) in [6, 6.07) is 6.41. The topological polar surface area (TPSA) is 70.5 Å². The van der Waals surface area contributed by atoms with Gasteiger partial charge in [0.15, 0.2) is 0 Å². The van der Waals surface area contributed by atoms with Gasteiger partial charge in [0.2, 0.25) is 5.95 Å². The van der Waals surface area contributed by atoms with Gasteiger partial charge in [-0.05, 0) is 42.5 Å². The molecular formula is C19H23F3N4O2. The van der Waals surface area contributed by atoms with E-state index < -0.39 is 6.36 Å². The van der Waals surface area contributed by atoms with Crippen LogP contribution in [-0.4, -0.2) is 41.1 Å². The van der Waals surface area contributed by atoms with Crippen molar-refractivity contribution in [2.75, 3.05) is 29.9 Å². The maximum Gasteiger partial charge on any atom is 0.573 e. The van der Waals surface area contributed by atoms with E-state index in [1.54, 1.807) is 6.07 Å². The summed E-state index contributed by atoms with van der Waals surface area (Å²) in [5.41, 5.74) is 2.70. The van der Waals surface area contributed by atoms with E-state index in [4.69, 9.17) is 5.11 Å². The largest absolute Gasteiger partial charge is 0.573 e. The Balaban J connectivity index is 1.76. The van der Waals surface area contributed by atoms with Crippen molar-refractivity contribution in [2.45, 2.75) is 39.1 Å². The number of alkyl halides is 3. The highest BCUT2D eigenvalue weighted by atomic mass is 19.4. The number of nitrogens with one attached hydrogen (secondary N) is 1. The first-order chi connectivity index (χ1) is 13.4. The molecule has 28 heavy (non-hydrogen) atoms. The lowest BCUT2D eigenvalue weighted by molar-refractivity contribution is -0.274. The van der Waals surface area contributed by atoms with Crippen LogP contribution < -0.4 is 15.0 Å². The van der Waals surface area contributed by atoms with Gasteiger partial charge in [-0.25, -0.2) is 4.98 Å². The van der Waals surface area contributed by atoms with E-state index in [9.17, 15) is 13.2 Å². The van der Waals surface area contributed by atoms with Gasteiger partial charge in [-0.3, -0.25) is 0 Å². The van der Waals surface area contributed by atoms with Crippen molar-refractivity contribution < 1.29 is 23.0 Å². The molecule has 9 heteroatoms. The van der Waals surface area contributed by atoms with E-state index >= 15 is 0 Å². The molecule has 0 atom stereocenters. The van der Waals surface area contributed by atoms with E-state index in [0.29, 0.717) is 38.4 Å². The molecule has 0 spiro atoms. The molecule has 152 valence electrons. The number of aliphatic hydroxyl groups excluding tert-OH is 1. The number of hydrogen-bond donors (Lipinski definition) is 2. The van der Waals surface area contributed by atoms with Gasteiger partial charge < -0.3 is 20.1 Å². The summed E-state index contributed by atoms with van der Waals surface area (Å²) < 4.78 is 41.3. The first kappa shape index (κ1) is 20.2. The van der Waals surface area contributed by atoms with Gasteiger partial charge in [0.05, 0.1) is 0 Å². The minimum Gasteiger partial charge on any atom is -0.406 e. The summed E-state index contributed by atoms with van der Waals surface area (Å²) in [5.74, 6) is 1.10. The van der Waals surface area contributed by atoms with Crippen molar-refractivity contribution in [2.24, 2.45) is 0 Å². The Labute approximate surface area is 161 Å². The number of hydrogen-bond acceptors (Lipinski definition) is 6. The molecule has 2 aromatic rings. The molecule has 0 saturated carbocycles. The summed E-state index contributed by atoms with van der Waals surface area (Å²) in [5, 5.41) is 12.0. The Morgan fingerprint density at radius 2 is 2.04 bits per heavy atom. The van der Waals surface area contributed by atoms with Gasteiger partial charge in [-0.1, -0.05) is 13.0 Å². The lowest BCUT2D eigenvalue weighted by atomic mass is 9.99. The Morgan fingerprint density at radius 1 is 1.21 bits per heavy atom. The second kappa shape index (κ2) is 8.64. The highest BCUT2D eigenvalue weighted by Crippen LogP contribution is 2.29. The Bertz CT molecular complexity index is 814.